The third-order valence-corrected chi connectivity index (χ3v) is 2.96. The average molecular weight is 270 g/mol. The van der Waals surface area contributed by atoms with Crippen molar-refractivity contribution in [3.8, 4) is 5.75 Å². The van der Waals surface area contributed by atoms with Gasteiger partial charge in [0.25, 0.3) is 0 Å². The lowest BCUT2D eigenvalue weighted by Crippen LogP contribution is -2.27. The lowest BCUT2D eigenvalue weighted by atomic mass is 10.1. The molecule has 0 bridgehead atoms. The SMILES string of the molecule is CCOc1cc(C)c(CNC(=O)C(C)C)cc1Cl. The first-order chi connectivity index (χ1) is 8.45. The molecule has 1 rings (SSSR count). The number of amides is 1. The van der Waals surface area contributed by atoms with Crippen molar-refractivity contribution in [2.45, 2.75) is 34.2 Å². The lowest BCUT2D eigenvalue weighted by Gasteiger charge is -2.13. The smallest absolute Gasteiger partial charge is 0.222 e. The van der Waals surface area contributed by atoms with Gasteiger partial charge in [-0.3, -0.25) is 4.79 Å². The van der Waals surface area contributed by atoms with E-state index in [1.165, 1.54) is 0 Å². The quantitative estimate of drug-likeness (QED) is 0.891. The van der Waals surface area contributed by atoms with Gasteiger partial charge in [-0.1, -0.05) is 25.4 Å². The number of carbonyl (C=O) groups excluding carboxylic acids is 1. The third-order valence-electron chi connectivity index (χ3n) is 2.67. The molecule has 18 heavy (non-hydrogen) atoms. The Morgan fingerprint density at radius 3 is 2.67 bits per heavy atom. The number of carbonyl (C=O) groups is 1. The minimum Gasteiger partial charge on any atom is -0.492 e. The second-order valence-corrected chi connectivity index (χ2v) is 4.92. The molecule has 1 amide bonds. The van der Waals surface area contributed by atoms with Crippen molar-refractivity contribution in [3.05, 3.63) is 28.3 Å². The number of aryl methyl sites for hydroxylation is 1. The minimum absolute atomic E-state index is 0.0107. The molecule has 3 nitrogen and oxygen atoms in total. The van der Waals surface area contributed by atoms with Crippen LogP contribution in [0.4, 0.5) is 0 Å². The average Bonchev–Trinajstić information content (AvgIpc) is 2.31. The molecule has 100 valence electrons. The lowest BCUT2D eigenvalue weighted by molar-refractivity contribution is -0.124. The van der Waals surface area contributed by atoms with E-state index in [-0.39, 0.29) is 11.8 Å². The van der Waals surface area contributed by atoms with Crippen LogP contribution in [0.1, 0.15) is 31.9 Å². The summed E-state index contributed by atoms with van der Waals surface area (Å²) < 4.78 is 5.42. The summed E-state index contributed by atoms with van der Waals surface area (Å²) in [6, 6.07) is 3.76. The van der Waals surface area contributed by atoms with Gasteiger partial charge in [0.1, 0.15) is 5.75 Å². The van der Waals surface area contributed by atoms with E-state index in [9.17, 15) is 4.79 Å². The van der Waals surface area contributed by atoms with Crippen molar-refractivity contribution in [3.63, 3.8) is 0 Å². The number of hydrogen-bond acceptors (Lipinski definition) is 2. The Labute approximate surface area is 113 Å². The summed E-state index contributed by atoms with van der Waals surface area (Å²) >= 11 is 6.12. The van der Waals surface area contributed by atoms with E-state index in [2.05, 4.69) is 5.32 Å². The topological polar surface area (TPSA) is 38.3 Å². The zero-order valence-electron chi connectivity index (χ0n) is 11.3. The van der Waals surface area contributed by atoms with E-state index in [0.717, 1.165) is 11.1 Å². The fraction of sp³-hybridized carbons (Fsp3) is 0.500. The van der Waals surface area contributed by atoms with Crippen LogP contribution >= 0.6 is 11.6 Å². The van der Waals surface area contributed by atoms with Crippen molar-refractivity contribution < 1.29 is 9.53 Å². The third kappa shape index (κ3) is 3.91. The molecule has 0 aliphatic rings. The van der Waals surface area contributed by atoms with Gasteiger partial charge in [0.2, 0.25) is 5.91 Å². The Balaban J connectivity index is 2.78. The maximum atomic E-state index is 11.5. The second-order valence-electron chi connectivity index (χ2n) is 4.51. The normalized spacial score (nSPS) is 10.6. The van der Waals surface area contributed by atoms with Gasteiger partial charge < -0.3 is 10.1 Å². The number of halogens is 1. The zero-order valence-corrected chi connectivity index (χ0v) is 12.1. The summed E-state index contributed by atoms with van der Waals surface area (Å²) in [5.41, 5.74) is 2.07. The van der Waals surface area contributed by atoms with E-state index in [4.69, 9.17) is 16.3 Å². The van der Waals surface area contributed by atoms with E-state index in [1.54, 1.807) is 0 Å². The predicted molar refractivity (Wildman–Crippen MR) is 74.0 cm³/mol. The van der Waals surface area contributed by atoms with Gasteiger partial charge in [0, 0.05) is 12.5 Å². The Morgan fingerprint density at radius 2 is 2.11 bits per heavy atom. The minimum atomic E-state index is -0.0107. The molecule has 0 heterocycles. The highest BCUT2D eigenvalue weighted by Crippen LogP contribution is 2.28. The number of rotatable bonds is 5. The monoisotopic (exact) mass is 269 g/mol. The molecule has 0 spiro atoms. The maximum absolute atomic E-state index is 11.5. The Bertz CT molecular complexity index is 430. The number of hydrogen-bond donors (Lipinski definition) is 1. The standard InChI is InChI=1S/C14H20ClNO2/c1-5-18-13-6-10(4)11(7-12(13)15)8-16-14(17)9(2)3/h6-7,9H,5,8H2,1-4H3,(H,16,17). The zero-order chi connectivity index (χ0) is 13.7. The molecule has 0 aliphatic heterocycles. The summed E-state index contributed by atoms with van der Waals surface area (Å²) in [5, 5.41) is 3.46. The van der Waals surface area contributed by atoms with Crippen LogP contribution in [-0.4, -0.2) is 12.5 Å². The summed E-state index contributed by atoms with van der Waals surface area (Å²) in [5.74, 6) is 0.721. The van der Waals surface area contributed by atoms with E-state index >= 15 is 0 Å². The van der Waals surface area contributed by atoms with E-state index < -0.39 is 0 Å². The molecule has 4 heteroatoms. The predicted octanol–water partition coefficient (Wildman–Crippen LogP) is 3.32. The van der Waals surface area contributed by atoms with Crippen LogP contribution < -0.4 is 10.1 Å². The Morgan fingerprint density at radius 1 is 1.44 bits per heavy atom. The molecule has 0 aliphatic carbocycles. The molecular formula is C14H20ClNO2. The maximum Gasteiger partial charge on any atom is 0.222 e. The van der Waals surface area contributed by atoms with Crippen molar-refractivity contribution >= 4 is 17.5 Å². The molecule has 0 saturated heterocycles. The molecule has 0 radical (unpaired) electrons. The second kappa shape index (κ2) is 6.64. The molecule has 0 fully saturated rings. The summed E-state index contributed by atoms with van der Waals surface area (Å²) in [6.07, 6.45) is 0. The molecule has 0 atom stereocenters. The van der Waals surface area contributed by atoms with Crippen LogP contribution in [0, 0.1) is 12.8 Å². The van der Waals surface area contributed by atoms with Gasteiger partial charge in [-0.2, -0.15) is 0 Å². The number of benzene rings is 1. The largest absolute Gasteiger partial charge is 0.492 e. The van der Waals surface area contributed by atoms with E-state index in [0.29, 0.717) is 23.9 Å². The Kier molecular flexibility index (Phi) is 5.48. The van der Waals surface area contributed by atoms with Gasteiger partial charge in [-0.05, 0) is 37.1 Å². The van der Waals surface area contributed by atoms with Gasteiger partial charge in [-0.15, -0.1) is 0 Å². The van der Waals surface area contributed by atoms with Crippen LogP contribution in [0.25, 0.3) is 0 Å². The van der Waals surface area contributed by atoms with Gasteiger partial charge in [-0.25, -0.2) is 0 Å². The molecule has 1 aromatic rings. The summed E-state index contributed by atoms with van der Waals surface area (Å²) in [7, 11) is 0. The highest BCUT2D eigenvalue weighted by molar-refractivity contribution is 6.32. The van der Waals surface area contributed by atoms with Gasteiger partial charge in [0.05, 0.1) is 11.6 Å². The highest BCUT2D eigenvalue weighted by atomic mass is 35.5. The molecule has 1 aromatic carbocycles. The summed E-state index contributed by atoms with van der Waals surface area (Å²) in [4.78, 5) is 11.5. The van der Waals surface area contributed by atoms with Crippen LogP contribution in [0.3, 0.4) is 0 Å². The molecular weight excluding hydrogens is 250 g/mol. The molecule has 0 unspecified atom stereocenters. The molecule has 1 N–H and O–H groups in total. The van der Waals surface area contributed by atoms with Crippen molar-refractivity contribution in [2.75, 3.05) is 6.61 Å². The fourth-order valence-corrected chi connectivity index (χ4v) is 1.78. The fourth-order valence-electron chi connectivity index (χ4n) is 1.54. The van der Waals surface area contributed by atoms with Crippen LogP contribution in [-0.2, 0) is 11.3 Å². The Hall–Kier alpha value is -1.22. The number of nitrogens with one attached hydrogen (secondary N) is 1. The van der Waals surface area contributed by atoms with Gasteiger partial charge in [0.15, 0.2) is 0 Å². The van der Waals surface area contributed by atoms with Gasteiger partial charge >= 0.3 is 0 Å². The van der Waals surface area contributed by atoms with E-state index in [1.807, 2.05) is 39.8 Å². The summed E-state index contributed by atoms with van der Waals surface area (Å²) in [6.45, 7) is 8.72. The molecule has 0 aromatic heterocycles. The first-order valence-electron chi connectivity index (χ1n) is 6.15. The van der Waals surface area contributed by atoms with Crippen molar-refractivity contribution in [1.29, 1.82) is 0 Å². The highest BCUT2D eigenvalue weighted by Gasteiger charge is 2.10. The number of ether oxygens (including phenoxy) is 1. The van der Waals surface area contributed by atoms with Crippen molar-refractivity contribution in [2.24, 2.45) is 5.92 Å². The van der Waals surface area contributed by atoms with Crippen LogP contribution in [0.2, 0.25) is 5.02 Å². The molecule has 0 saturated carbocycles. The first kappa shape index (κ1) is 14.8. The van der Waals surface area contributed by atoms with Crippen molar-refractivity contribution in [1.82, 2.24) is 5.32 Å². The van der Waals surface area contributed by atoms with Crippen LogP contribution in [0.5, 0.6) is 5.75 Å². The first-order valence-corrected chi connectivity index (χ1v) is 6.53. The van der Waals surface area contributed by atoms with Crippen LogP contribution in [0.15, 0.2) is 12.1 Å².